The van der Waals surface area contributed by atoms with Crippen LogP contribution in [0.25, 0.3) is 0 Å². The van der Waals surface area contributed by atoms with E-state index >= 15 is 0 Å². The van der Waals surface area contributed by atoms with Crippen LogP contribution in [0.15, 0.2) is 41.3 Å². The van der Waals surface area contributed by atoms with Gasteiger partial charge in [0, 0.05) is 11.8 Å². The zero-order valence-electron chi connectivity index (χ0n) is 23.4. The minimum atomic E-state index is -5.90. The van der Waals surface area contributed by atoms with Crippen LogP contribution in [-0.2, 0) is 25.7 Å². The molecule has 0 saturated heterocycles. The quantitative estimate of drug-likeness (QED) is 0.109. The summed E-state index contributed by atoms with van der Waals surface area (Å²) >= 11 is 0. The number of fused-ring (bicyclic) bond motifs is 1. The van der Waals surface area contributed by atoms with Crippen LogP contribution >= 0.6 is 0 Å². The number of ether oxygens (including phenoxy) is 1. The summed E-state index contributed by atoms with van der Waals surface area (Å²) in [6.07, 6.45) is 0.215. The molecule has 2 bridgehead atoms. The van der Waals surface area contributed by atoms with Crippen LogP contribution in [0.1, 0.15) is 93.2 Å². The molecule has 0 saturated carbocycles. The third-order valence-electron chi connectivity index (χ3n) is 8.16. The molecule has 0 radical (unpaired) electrons. The number of hydrogen-bond donors (Lipinski definition) is 0. The maximum atomic E-state index is 14.7. The van der Waals surface area contributed by atoms with Gasteiger partial charge in [0.25, 0.3) is 0 Å². The maximum Gasteiger partial charge on any atom is 0.315 e. The summed E-state index contributed by atoms with van der Waals surface area (Å²) < 4.78 is 96.7. The third-order valence-corrected chi connectivity index (χ3v) is 9.02. The Labute approximate surface area is 236 Å². The van der Waals surface area contributed by atoms with Crippen LogP contribution in [0.4, 0.5) is 17.6 Å². The minimum Gasteiger partial charge on any atom is -0.744 e. The number of hydrogen-bond acceptors (Lipinski definition) is 5. The summed E-state index contributed by atoms with van der Waals surface area (Å²) in [5, 5.41) is 0. The van der Waals surface area contributed by atoms with Gasteiger partial charge in [-0.2, -0.15) is 8.78 Å². The van der Waals surface area contributed by atoms with Crippen molar-refractivity contribution in [2.45, 2.75) is 75.5 Å². The van der Waals surface area contributed by atoms with Gasteiger partial charge < -0.3 is 9.29 Å². The molecule has 5 nitrogen and oxygen atoms in total. The molecule has 3 unspecified atom stereocenters. The molecular weight excluding hydrogens is 560 g/mol. The molecule has 0 fully saturated rings. The van der Waals surface area contributed by atoms with Crippen molar-refractivity contribution < 1.29 is 40.1 Å². The smallest absolute Gasteiger partial charge is 0.315 e. The predicted octanol–water partition coefficient (Wildman–Crippen LogP) is 6.94. The van der Waals surface area contributed by atoms with Crippen LogP contribution in [-0.4, -0.2) is 18.9 Å². The van der Waals surface area contributed by atoms with Crippen molar-refractivity contribution in [3.63, 3.8) is 0 Å². The lowest BCUT2D eigenvalue weighted by Gasteiger charge is -2.45. The molecule has 0 spiro atoms. The summed E-state index contributed by atoms with van der Waals surface area (Å²) in [4.78, 5) is 11.2. The van der Waals surface area contributed by atoms with Gasteiger partial charge in [-0.05, 0) is 50.6 Å². The highest BCUT2D eigenvalue weighted by molar-refractivity contribution is 7.85. The number of carbonyl (C=O) groups is 1. The van der Waals surface area contributed by atoms with Gasteiger partial charge in [-0.25, -0.2) is 17.2 Å². The molecule has 0 amide bonds. The highest BCUT2D eigenvalue weighted by Crippen LogP contribution is 2.57. The van der Waals surface area contributed by atoms with Gasteiger partial charge >= 0.3 is 5.97 Å². The van der Waals surface area contributed by atoms with Crippen LogP contribution in [0.5, 0.6) is 5.75 Å². The van der Waals surface area contributed by atoms with Crippen LogP contribution in [0, 0.1) is 29.2 Å². The highest BCUT2D eigenvalue weighted by Gasteiger charge is 2.48. The van der Waals surface area contributed by atoms with E-state index in [0.717, 1.165) is 33.4 Å². The van der Waals surface area contributed by atoms with Crippen molar-refractivity contribution in [3.05, 3.63) is 93.0 Å². The number of halogens is 4. The third kappa shape index (κ3) is 4.74. The van der Waals surface area contributed by atoms with Crippen molar-refractivity contribution in [2.75, 3.05) is 0 Å². The first-order valence-corrected chi connectivity index (χ1v) is 14.5. The van der Waals surface area contributed by atoms with Crippen molar-refractivity contribution in [1.29, 1.82) is 0 Å². The van der Waals surface area contributed by atoms with E-state index in [1.807, 2.05) is 51.1 Å². The van der Waals surface area contributed by atoms with E-state index in [-0.39, 0.29) is 23.2 Å². The Hall–Kier alpha value is -3.24. The standard InChI is InChI=1S/C31H30F4O5S/c1-30(2,3)14-8-10-17-18(11-14)19-13-21(22(17)20-12-15(31(4,5)6)7-9-16(19)20)29(36)40-27-23(32)25(34)28(41(37,38)39)26(35)24(27)33/h7-12,19,21-22H,13H2,1-6H3,(H,37,38,39)/p-1. The molecule has 0 aromatic heterocycles. The molecule has 3 aliphatic carbocycles. The molecule has 3 atom stereocenters. The van der Waals surface area contributed by atoms with Crippen molar-refractivity contribution in [2.24, 2.45) is 5.92 Å². The topological polar surface area (TPSA) is 83.5 Å². The van der Waals surface area contributed by atoms with E-state index in [1.165, 1.54) is 0 Å². The second-order valence-electron chi connectivity index (χ2n) is 12.8. The monoisotopic (exact) mass is 589 g/mol. The minimum absolute atomic E-state index is 0.143. The summed E-state index contributed by atoms with van der Waals surface area (Å²) in [5.41, 5.74) is 5.51. The molecular formula is C31H29F4O5S-. The molecule has 3 aromatic rings. The predicted molar refractivity (Wildman–Crippen MR) is 142 cm³/mol. The summed E-state index contributed by atoms with van der Waals surface area (Å²) in [5.74, 6) is -14.1. The Morgan fingerprint density at radius 2 is 1.27 bits per heavy atom. The second-order valence-corrected chi connectivity index (χ2v) is 14.2. The normalized spacial score (nSPS) is 20.0. The van der Waals surface area contributed by atoms with Gasteiger partial charge in [-0.15, -0.1) is 0 Å². The summed E-state index contributed by atoms with van der Waals surface area (Å²) in [6.45, 7) is 12.4. The van der Waals surface area contributed by atoms with Gasteiger partial charge in [-0.3, -0.25) is 4.79 Å². The van der Waals surface area contributed by atoms with Crippen LogP contribution in [0.2, 0.25) is 0 Å². The van der Waals surface area contributed by atoms with Crippen molar-refractivity contribution >= 4 is 16.1 Å². The molecule has 41 heavy (non-hydrogen) atoms. The zero-order valence-corrected chi connectivity index (χ0v) is 24.2. The van der Waals surface area contributed by atoms with E-state index in [1.54, 1.807) is 0 Å². The van der Waals surface area contributed by atoms with E-state index in [2.05, 4.69) is 26.8 Å². The number of benzene rings is 3. The first-order chi connectivity index (χ1) is 18.8. The maximum absolute atomic E-state index is 14.7. The van der Waals surface area contributed by atoms with Crippen LogP contribution in [0.3, 0.4) is 0 Å². The van der Waals surface area contributed by atoms with Gasteiger partial charge in [0.15, 0.2) is 11.6 Å². The summed E-state index contributed by atoms with van der Waals surface area (Å²) in [6, 6.07) is 12.1. The zero-order chi connectivity index (χ0) is 30.4. The average Bonchev–Trinajstić information content (AvgIpc) is 2.87. The molecule has 10 heteroatoms. The van der Waals surface area contributed by atoms with E-state index in [4.69, 9.17) is 4.74 Å². The fraction of sp³-hybridized carbons (Fsp3) is 0.387. The Kier molecular flexibility index (Phi) is 6.70. The highest BCUT2D eigenvalue weighted by atomic mass is 32.2. The first-order valence-electron chi connectivity index (χ1n) is 13.1. The lowest BCUT2D eigenvalue weighted by atomic mass is 9.58. The SMILES string of the molecule is CC(C)(C)c1ccc2c(c1)C1CC(C(=O)Oc3c(F)c(F)c(S(=O)(=O)[O-])c(F)c3F)C2c2cc(C(C)(C)C)ccc21. The Morgan fingerprint density at radius 3 is 1.76 bits per heavy atom. The van der Waals surface area contributed by atoms with E-state index in [9.17, 15) is 35.3 Å². The van der Waals surface area contributed by atoms with Crippen molar-refractivity contribution in [3.8, 4) is 5.75 Å². The number of rotatable bonds is 3. The number of esters is 1. The lowest BCUT2D eigenvalue weighted by molar-refractivity contribution is -0.140. The largest absolute Gasteiger partial charge is 0.744 e. The molecule has 0 N–H and O–H groups in total. The molecule has 3 aromatic carbocycles. The lowest BCUT2D eigenvalue weighted by Crippen LogP contribution is -2.39. The van der Waals surface area contributed by atoms with Crippen LogP contribution < -0.4 is 4.74 Å². The van der Waals surface area contributed by atoms with E-state index in [0.29, 0.717) is 0 Å². The molecule has 0 heterocycles. The summed E-state index contributed by atoms with van der Waals surface area (Å²) in [7, 11) is -5.90. The second kappa shape index (κ2) is 9.39. The van der Waals surface area contributed by atoms with Gasteiger partial charge in [-0.1, -0.05) is 77.9 Å². The fourth-order valence-corrected chi connectivity index (χ4v) is 6.59. The van der Waals surface area contributed by atoms with Gasteiger partial charge in [0.1, 0.15) is 15.0 Å². The van der Waals surface area contributed by atoms with Gasteiger partial charge in [0.05, 0.1) is 5.92 Å². The average molecular weight is 590 g/mol. The van der Waals surface area contributed by atoms with E-state index < -0.39 is 61.8 Å². The first kappa shape index (κ1) is 29.3. The number of carbonyl (C=O) groups excluding carboxylic acids is 1. The molecule has 0 aliphatic heterocycles. The Bertz CT molecular complexity index is 1690. The molecule has 3 aliphatic rings. The molecule has 6 rings (SSSR count). The fourth-order valence-electron chi connectivity index (χ4n) is 5.98. The van der Waals surface area contributed by atoms with Crippen molar-refractivity contribution in [1.82, 2.24) is 0 Å². The Balaban J connectivity index is 1.63. The van der Waals surface area contributed by atoms with Gasteiger partial charge in [0.2, 0.25) is 17.4 Å². The molecule has 218 valence electrons. The Morgan fingerprint density at radius 1 is 0.780 bits per heavy atom.